The van der Waals surface area contributed by atoms with E-state index in [1.165, 1.54) is 0 Å². The lowest BCUT2D eigenvalue weighted by Crippen LogP contribution is -2.56. The first-order valence-corrected chi connectivity index (χ1v) is 4.46. The minimum atomic E-state index is -4.48. The van der Waals surface area contributed by atoms with Gasteiger partial charge in [-0.2, -0.15) is 13.2 Å². The van der Waals surface area contributed by atoms with Gasteiger partial charge in [0.1, 0.15) is 0 Å². The third kappa shape index (κ3) is 1.44. The zero-order valence-corrected chi connectivity index (χ0v) is 7.06. The van der Waals surface area contributed by atoms with E-state index in [0.29, 0.717) is 0 Å². The molecule has 76 valence electrons. The largest absolute Gasteiger partial charge is 0.417 e. The fourth-order valence-electron chi connectivity index (χ4n) is 2.35. The SMILES string of the molecule is OC1(C(F)(F)F)C[C@H]2CC[C@@H](C1)N2. The Kier molecular flexibility index (Phi) is 1.86. The van der Waals surface area contributed by atoms with E-state index in [9.17, 15) is 18.3 Å². The van der Waals surface area contributed by atoms with Crippen LogP contribution in [0.15, 0.2) is 0 Å². The number of nitrogens with one attached hydrogen (secondary N) is 1. The first-order chi connectivity index (χ1) is 5.91. The standard InChI is InChI=1S/C8H12F3NO/c9-8(10,11)7(13)3-5-1-2-6(4-7)12-5/h5-6,12-13H,1-4H2/t5-,6+,7?. The van der Waals surface area contributed by atoms with Crippen LogP contribution in [0.25, 0.3) is 0 Å². The molecule has 0 spiro atoms. The normalized spacial score (nSPS) is 45.2. The van der Waals surface area contributed by atoms with Gasteiger partial charge in [-0.3, -0.25) is 0 Å². The number of piperidine rings is 1. The van der Waals surface area contributed by atoms with Crippen molar-refractivity contribution in [1.29, 1.82) is 0 Å². The Bertz CT molecular complexity index is 204. The summed E-state index contributed by atoms with van der Waals surface area (Å²) in [4.78, 5) is 0. The van der Waals surface area contributed by atoms with Gasteiger partial charge >= 0.3 is 6.18 Å². The maximum atomic E-state index is 12.4. The first kappa shape index (κ1) is 9.27. The molecule has 0 aromatic rings. The molecule has 0 aromatic heterocycles. The Hall–Kier alpha value is -0.290. The van der Waals surface area contributed by atoms with Gasteiger partial charge in [-0.25, -0.2) is 0 Å². The van der Waals surface area contributed by atoms with Crippen molar-refractivity contribution in [2.24, 2.45) is 0 Å². The molecule has 0 radical (unpaired) electrons. The second-order valence-electron chi connectivity index (χ2n) is 4.08. The molecule has 2 N–H and O–H groups in total. The molecular weight excluding hydrogens is 183 g/mol. The van der Waals surface area contributed by atoms with Gasteiger partial charge in [-0.15, -0.1) is 0 Å². The van der Waals surface area contributed by atoms with Crippen molar-refractivity contribution in [2.75, 3.05) is 0 Å². The van der Waals surface area contributed by atoms with Crippen LogP contribution in [0.3, 0.4) is 0 Å². The summed E-state index contributed by atoms with van der Waals surface area (Å²) >= 11 is 0. The maximum absolute atomic E-state index is 12.4. The molecule has 2 saturated heterocycles. The molecule has 2 bridgehead atoms. The highest BCUT2D eigenvalue weighted by atomic mass is 19.4. The number of alkyl halides is 3. The Morgan fingerprint density at radius 1 is 1.15 bits per heavy atom. The van der Waals surface area contributed by atoms with E-state index in [1.807, 2.05) is 0 Å². The van der Waals surface area contributed by atoms with Crippen molar-refractivity contribution < 1.29 is 18.3 Å². The van der Waals surface area contributed by atoms with E-state index in [-0.39, 0.29) is 24.9 Å². The van der Waals surface area contributed by atoms with Gasteiger partial charge in [0.2, 0.25) is 0 Å². The molecule has 2 nitrogen and oxygen atoms in total. The zero-order valence-electron chi connectivity index (χ0n) is 7.06. The lowest BCUT2D eigenvalue weighted by Gasteiger charge is -2.38. The molecule has 3 atom stereocenters. The highest BCUT2D eigenvalue weighted by Gasteiger charge is 2.58. The Balaban J connectivity index is 2.17. The van der Waals surface area contributed by atoms with Crippen LogP contribution in [0.4, 0.5) is 13.2 Å². The number of hydrogen-bond donors (Lipinski definition) is 2. The van der Waals surface area contributed by atoms with Crippen molar-refractivity contribution >= 4 is 0 Å². The van der Waals surface area contributed by atoms with Crippen LogP contribution in [0.1, 0.15) is 25.7 Å². The first-order valence-electron chi connectivity index (χ1n) is 4.46. The number of aliphatic hydroxyl groups is 1. The van der Waals surface area contributed by atoms with Crippen LogP contribution in [0.5, 0.6) is 0 Å². The van der Waals surface area contributed by atoms with Gasteiger partial charge < -0.3 is 10.4 Å². The summed E-state index contributed by atoms with van der Waals surface area (Å²) < 4.78 is 37.3. The van der Waals surface area contributed by atoms with E-state index >= 15 is 0 Å². The molecule has 0 saturated carbocycles. The number of hydrogen-bond acceptors (Lipinski definition) is 2. The Morgan fingerprint density at radius 3 is 2.00 bits per heavy atom. The van der Waals surface area contributed by atoms with Crippen molar-refractivity contribution in [2.45, 2.75) is 49.5 Å². The quantitative estimate of drug-likeness (QED) is 0.608. The predicted octanol–water partition coefficient (Wildman–Crippen LogP) is 1.19. The van der Waals surface area contributed by atoms with Crippen molar-refractivity contribution in [1.82, 2.24) is 5.32 Å². The lowest BCUT2D eigenvalue weighted by atomic mass is 9.87. The van der Waals surface area contributed by atoms with E-state index in [0.717, 1.165) is 12.8 Å². The Morgan fingerprint density at radius 2 is 1.62 bits per heavy atom. The highest BCUT2D eigenvalue weighted by molar-refractivity contribution is 5.03. The van der Waals surface area contributed by atoms with Crippen molar-refractivity contribution in [3.8, 4) is 0 Å². The molecule has 0 amide bonds. The van der Waals surface area contributed by atoms with Gasteiger partial charge in [0, 0.05) is 24.9 Å². The summed E-state index contributed by atoms with van der Waals surface area (Å²) in [5.41, 5.74) is -2.44. The average molecular weight is 195 g/mol. The summed E-state index contributed by atoms with van der Waals surface area (Å²) in [6.45, 7) is 0. The molecule has 13 heavy (non-hydrogen) atoms. The summed E-state index contributed by atoms with van der Waals surface area (Å²) in [6.07, 6.45) is -3.35. The second-order valence-corrected chi connectivity index (χ2v) is 4.08. The van der Waals surface area contributed by atoms with Gasteiger partial charge in [-0.05, 0) is 12.8 Å². The van der Waals surface area contributed by atoms with Gasteiger partial charge in [0.05, 0.1) is 0 Å². The lowest BCUT2D eigenvalue weighted by molar-refractivity contribution is -0.271. The maximum Gasteiger partial charge on any atom is 0.417 e. The van der Waals surface area contributed by atoms with Crippen molar-refractivity contribution in [3.63, 3.8) is 0 Å². The third-order valence-corrected chi connectivity index (χ3v) is 3.03. The summed E-state index contributed by atoms with van der Waals surface area (Å²) in [5, 5.41) is 12.5. The molecule has 2 aliphatic heterocycles. The molecule has 2 aliphatic rings. The fourth-order valence-corrected chi connectivity index (χ4v) is 2.35. The van der Waals surface area contributed by atoms with Crippen LogP contribution < -0.4 is 5.32 Å². The molecule has 0 aromatic carbocycles. The number of fused-ring (bicyclic) bond motifs is 2. The van der Waals surface area contributed by atoms with Crippen LogP contribution in [-0.4, -0.2) is 29.0 Å². The molecule has 2 fully saturated rings. The summed E-state index contributed by atoms with van der Waals surface area (Å²) in [7, 11) is 0. The molecule has 0 aliphatic carbocycles. The van der Waals surface area contributed by atoms with E-state index in [4.69, 9.17) is 0 Å². The van der Waals surface area contributed by atoms with E-state index < -0.39 is 11.8 Å². The number of rotatable bonds is 0. The minimum absolute atomic E-state index is 0.148. The van der Waals surface area contributed by atoms with Crippen LogP contribution in [0, 0.1) is 0 Å². The molecular formula is C8H12F3NO. The van der Waals surface area contributed by atoms with E-state index in [2.05, 4.69) is 5.32 Å². The monoisotopic (exact) mass is 195 g/mol. The van der Waals surface area contributed by atoms with Crippen molar-refractivity contribution in [3.05, 3.63) is 0 Å². The van der Waals surface area contributed by atoms with Crippen LogP contribution in [-0.2, 0) is 0 Å². The molecule has 2 rings (SSSR count). The van der Waals surface area contributed by atoms with Gasteiger partial charge in [0.15, 0.2) is 5.60 Å². The fraction of sp³-hybridized carbons (Fsp3) is 1.00. The second kappa shape index (κ2) is 2.60. The summed E-state index contributed by atoms with van der Waals surface area (Å²) in [5.74, 6) is 0. The summed E-state index contributed by atoms with van der Waals surface area (Å²) in [6, 6.07) is -0.296. The highest BCUT2D eigenvalue weighted by Crippen LogP contribution is 2.43. The smallest absolute Gasteiger partial charge is 0.380 e. The minimum Gasteiger partial charge on any atom is -0.380 e. The molecule has 5 heteroatoms. The van der Waals surface area contributed by atoms with Gasteiger partial charge in [0.25, 0.3) is 0 Å². The van der Waals surface area contributed by atoms with Gasteiger partial charge in [-0.1, -0.05) is 0 Å². The molecule has 2 heterocycles. The Labute approximate surface area is 74.1 Å². The average Bonchev–Trinajstić information content (AvgIpc) is 2.28. The third-order valence-electron chi connectivity index (χ3n) is 3.03. The predicted molar refractivity (Wildman–Crippen MR) is 40.2 cm³/mol. The number of halogens is 3. The van der Waals surface area contributed by atoms with Crippen LogP contribution in [0.2, 0.25) is 0 Å². The topological polar surface area (TPSA) is 32.3 Å². The molecule has 1 unspecified atom stereocenters. The zero-order chi connectivity index (χ0) is 9.69. The van der Waals surface area contributed by atoms with E-state index in [1.54, 1.807) is 0 Å². The van der Waals surface area contributed by atoms with Crippen LogP contribution >= 0.6 is 0 Å².